The Balaban J connectivity index is 1.81. The van der Waals surface area contributed by atoms with Crippen LogP contribution in [0.1, 0.15) is 30.7 Å². The molecule has 5 nitrogen and oxygen atoms in total. The van der Waals surface area contributed by atoms with Gasteiger partial charge in [-0.05, 0) is 30.0 Å². The standard InChI is InChI=1S/C15H15FN2O3/c16-11-5-3-10(4-6-11)12-13(19)17-15(21)18(14(12)20)8-7-9-1-2-9/h3-6,9,12H,1-2,7-8H2,(H,17,19,21). The lowest BCUT2D eigenvalue weighted by molar-refractivity contribution is -0.138. The molecule has 1 aromatic rings. The normalized spacial score (nSPS) is 22.4. The number of nitrogens with one attached hydrogen (secondary N) is 1. The van der Waals surface area contributed by atoms with Crippen LogP contribution in [-0.4, -0.2) is 29.3 Å². The number of benzene rings is 1. The fourth-order valence-corrected chi connectivity index (χ4v) is 2.49. The van der Waals surface area contributed by atoms with Gasteiger partial charge in [-0.3, -0.25) is 19.8 Å². The van der Waals surface area contributed by atoms with Crippen molar-refractivity contribution in [2.45, 2.75) is 25.2 Å². The molecule has 3 rings (SSSR count). The second-order valence-electron chi connectivity index (χ2n) is 5.50. The molecule has 1 saturated carbocycles. The number of hydrogen-bond acceptors (Lipinski definition) is 3. The van der Waals surface area contributed by atoms with Gasteiger partial charge in [0.1, 0.15) is 11.7 Å². The van der Waals surface area contributed by atoms with Crippen LogP contribution in [-0.2, 0) is 9.59 Å². The lowest BCUT2D eigenvalue weighted by Gasteiger charge is -2.30. The molecule has 2 aliphatic rings. The minimum atomic E-state index is -1.08. The minimum absolute atomic E-state index is 0.320. The molecule has 1 unspecified atom stereocenters. The molecule has 1 aromatic carbocycles. The second kappa shape index (κ2) is 5.27. The first kappa shape index (κ1) is 13.7. The highest BCUT2D eigenvalue weighted by Gasteiger charge is 2.41. The predicted octanol–water partition coefficient (Wildman–Crippen LogP) is 1.79. The Labute approximate surface area is 121 Å². The van der Waals surface area contributed by atoms with Gasteiger partial charge < -0.3 is 0 Å². The first-order valence-corrected chi connectivity index (χ1v) is 6.98. The molecular weight excluding hydrogens is 275 g/mol. The van der Waals surface area contributed by atoms with E-state index in [1.54, 1.807) is 0 Å². The van der Waals surface area contributed by atoms with E-state index in [-0.39, 0.29) is 0 Å². The minimum Gasteiger partial charge on any atom is -0.277 e. The van der Waals surface area contributed by atoms with Gasteiger partial charge in [0, 0.05) is 6.54 Å². The van der Waals surface area contributed by atoms with Gasteiger partial charge in [0.05, 0.1) is 0 Å². The first-order valence-electron chi connectivity index (χ1n) is 6.98. The van der Waals surface area contributed by atoms with Gasteiger partial charge in [-0.15, -0.1) is 0 Å². The van der Waals surface area contributed by atoms with E-state index < -0.39 is 29.6 Å². The smallest absolute Gasteiger partial charge is 0.277 e. The maximum Gasteiger partial charge on any atom is 0.330 e. The summed E-state index contributed by atoms with van der Waals surface area (Å²) in [4.78, 5) is 37.2. The van der Waals surface area contributed by atoms with Crippen LogP contribution in [0.3, 0.4) is 0 Å². The van der Waals surface area contributed by atoms with Crippen molar-refractivity contribution in [1.82, 2.24) is 10.2 Å². The molecule has 1 aliphatic carbocycles. The van der Waals surface area contributed by atoms with E-state index in [9.17, 15) is 18.8 Å². The average molecular weight is 290 g/mol. The largest absolute Gasteiger partial charge is 0.330 e. The zero-order chi connectivity index (χ0) is 15.0. The van der Waals surface area contributed by atoms with Gasteiger partial charge in [0.25, 0.3) is 0 Å². The van der Waals surface area contributed by atoms with E-state index in [4.69, 9.17) is 0 Å². The van der Waals surface area contributed by atoms with Gasteiger partial charge >= 0.3 is 6.03 Å². The van der Waals surface area contributed by atoms with Crippen LogP contribution in [0.5, 0.6) is 0 Å². The summed E-state index contributed by atoms with van der Waals surface area (Å²) in [6.07, 6.45) is 3.03. The Bertz CT molecular complexity index is 595. The van der Waals surface area contributed by atoms with Crippen LogP contribution in [0.4, 0.5) is 9.18 Å². The highest BCUT2D eigenvalue weighted by molar-refractivity contribution is 6.19. The molecule has 4 amide bonds. The maximum atomic E-state index is 13.0. The molecule has 1 atom stereocenters. The number of urea groups is 1. The third-order valence-corrected chi connectivity index (χ3v) is 3.91. The van der Waals surface area contributed by atoms with Crippen molar-refractivity contribution < 1.29 is 18.8 Å². The SMILES string of the molecule is O=C1NC(=O)N(CCC2CC2)C(=O)C1c1ccc(F)cc1. The molecule has 0 bridgehead atoms. The Hall–Kier alpha value is -2.24. The highest BCUT2D eigenvalue weighted by Crippen LogP contribution is 2.33. The number of nitrogens with zero attached hydrogens (tertiary/aromatic N) is 1. The number of rotatable bonds is 4. The maximum absolute atomic E-state index is 13.0. The molecule has 0 radical (unpaired) electrons. The van der Waals surface area contributed by atoms with Crippen LogP contribution in [0.15, 0.2) is 24.3 Å². The lowest BCUT2D eigenvalue weighted by Crippen LogP contribution is -2.57. The summed E-state index contributed by atoms with van der Waals surface area (Å²) in [5.74, 6) is -2.13. The summed E-state index contributed by atoms with van der Waals surface area (Å²) < 4.78 is 13.0. The predicted molar refractivity (Wildman–Crippen MR) is 71.7 cm³/mol. The van der Waals surface area contributed by atoms with E-state index in [0.29, 0.717) is 18.0 Å². The Morgan fingerprint density at radius 1 is 1.14 bits per heavy atom. The first-order chi connectivity index (χ1) is 10.1. The topological polar surface area (TPSA) is 66.5 Å². The van der Waals surface area contributed by atoms with Crippen LogP contribution in [0.2, 0.25) is 0 Å². The van der Waals surface area contributed by atoms with Crippen molar-refractivity contribution in [1.29, 1.82) is 0 Å². The van der Waals surface area contributed by atoms with E-state index >= 15 is 0 Å². The van der Waals surface area contributed by atoms with Crippen molar-refractivity contribution in [2.75, 3.05) is 6.54 Å². The van der Waals surface area contributed by atoms with Crippen LogP contribution >= 0.6 is 0 Å². The summed E-state index contributed by atoms with van der Waals surface area (Å²) in [5.41, 5.74) is 0.392. The Kier molecular flexibility index (Phi) is 3.45. The molecule has 1 aliphatic heterocycles. The molecular formula is C15H15FN2O3. The molecule has 0 spiro atoms. The van der Waals surface area contributed by atoms with Crippen LogP contribution in [0.25, 0.3) is 0 Å². The van der Waals surface area contributed by atoms with E-state index in [1.165, 1.54) is 24.3 Å². The number of imide groups is 2. The van der Waals surface area contributed by atoms with Crippen molar-refractivity contribution in [3.05, 3.63) is 35.6 Å². The summed E-state index contributed by atoms with van der Waals surface area (Å²) in [5, 5.41) is 2.20. The molecule has 21 heavy (non-hydrogen) atoms. The van der Waals surface area contributed by atoms with E-state index in [0.717, 1.165) is 24.2 Å². The molecule has 2 fully saturated rings. The summed E-state index contributed by atoms with van der Waals surface area (Å²) in [7, 11) is 0. The number of barbiturate groups is 1. The van der Waals surface area contributed by atoms with Gasteiger partial charge in [-0.1, -0.05) is 25.0 Å². The number of carbonyl (C=O) groups excluding carboxylic acids is 3. The molecule has 1 saturated heterocycles. The third kappa shape index (κ3) is 2.79. The van der Waals surface area contributed by atoms with Crippen molar-refractivity contribution in [3.8, 4) is 0 Å². The van der Waals surface area contributed by atoms with Gasteiger partial charge in [-0.25, -0.2) is 9.18 Å². The average Bonchev–Trinajstić information content (AvgIpc) is 3.24. The lowest BCUT2D eigenvalue weighted by atomic mass is 9.95. The van der Waals surface area contributed by atoms with Crippen molar-refractivity contribution >= 4 is 17.8 Å². The van der Waals surface area contributed by atoms with E-state index in [1.807, 2.05) is 0 Å². The molecule has 1 N–H and O–H groups in total. The molecule has 0 aromatic heterocycles. The van der Waals surface area contributed by atoms with Crippen molar-refractivity contribution in [3.63, 3.8) is 0 Å². The van der Waals surface area contributed by atoms with Crippen LogP contribution in [0, 0.1) is 11.7 Å². The van der Waals surface area contributed by atoms with Gasteiger partial charge in [-0.2, -0.15) is 0 Å². The second-order valence-corrected chi connectivity index (χ2v) is 5.50. The molecule has 110 valence electrons. The summed E-state index contributed by atoms with van der Waals surface area (Å²) in [6, 6.07) is 4.52. The number of amides is 4. The molecule has 6 heteroatoms. The summed E-state index contributed by atoms with van der Waals surface area (Å²) >= 11 is 0. The van der Waals surface area contributed by atoms with Gasteiger partial charge in [0.15, 0.2) is 0 Å². The van der Waals surface area contributed by atoms with Gasteiger partial charge in [0.2, 0.25) is 11.8 Å². The molecule has 1 heterocycles. The Morgan fingerprint density at radius 2 is 1.81 bits per heavy atom. The zero-order valence-corrected chi connectivity index (χ0v) is 11.3. The van der Waals surface area contributed by atoms with Crippen LogP contribution < -0.4 is 5.32 Å². The quantitative estimate of drug-likeness (QED) is 0.860. The number of carbonyl (C=O) groups is 3. The summed E-state index contributed by atoms with van der Waals surface area (Å²) in [6.45, 7) is 0.320. The van der Waals surface area contributed by atoms with E-state index in [2.05, 4.69) is 5.32 Å². The Morgan fingerprint density at radius 3 is 2.43 bits per heavy atom. The fraction of sp³-hybridized carbons (Fsp3) is 0.400. The number of hydrogen-bond donors (Lipinski definition) is 1. The monoisotopic (exact) mass is 290 g/mol. The fourth-order valence-electron chi connectivity index (χ4n) is 2.49. The third-order valence-electron chi connectivity index (χ3n) is 3.91. The highest BCUT2D eigenvalue weighted by atomic mass is 19.1. The zero-order valence-electron chi connectivity index (χ0n) is 11.3. The van der Waals surface area contributed by atoms with Crippen molar-refractivity contribution in [2.24, 2.45) is 5.92 Å². The number of halogens is 1.